The smallest absolute Gasteiger partial charge is 0.261 e. The highest BCUT2D eigenvalue weighted by atomic mass is 16.5. The van der Waals surface area contributed by atoms with Crippen molar-refractivity contribution in [3.05, 3.63) is 5.69 Å². The molecule has 1 rings (SSSR count). The number of rotatable bonds is 15. The maximum atomic E-state index is 10.6. The molecule has 0 spiro atoms. The lowest BCUT2D eigenvalue weighted by Gasteiger charge is -2.25. The molecule has 0 aliphatic rings. The molecule has 0 amide bonds. The molecule has 1 heterocycles. The van der Waals surface area contributed by atoms with Crippen molar-refractivity contribution in [1.82, 2.24) is 9.97 Å². The Morgan fingerprint density at radius 3 is 2.07 bits per heavy atom. The van der Waals surface area contributed by atoms with Crippen LogP contribution < -0.4 is 9.64 Å². The van der Waals surface area contributed by atoms with Gasteiger partial charge in [-0.2, -0.15) is 4.98 Å². The first-order chi connectivity index (χ1) is 13.4. The first-order valence-electron chi connectivity index (χ1n) is 11.3. The van der Waals surface area contributed by atoms with Gasteiger partial charge in [0.05, 0.1) is 12.8 Å². The third kappa shape index (κ3) is 8.24. The molecule has 0 aliphatic carbocycles. The predicted molar refractivity (Wildman–Crippen MR) is 118 cm³/mol. The summed E-state index contributed by atoms with van der Waals surface area (Å²) >= 11 is 0. The minimum Gasteiger partial charge on any atom is -0.502 e. The first-order valence-corrected chi connectivity index (χ1v) is 11.3. The average molecular weight is 394 g/mol. The molecule has 0 fully saturated rings. The van der Waals surface area contributed by atoms with Crippen molar-refractivity contribution in [1.29, 1.82) is 0 Å². The fourth-order valence-corrected chi connectivity index (χ4v) is 3.75. The summed E-state index contributed by atoms with van der Waals surface area (Å²) in [4.78, 5) is 10.8. The monoisotopic (exact) mass is 393 g/mol. The minimum absolute atomic E-state index is 0.102. The van der Waals surface area contributed by atoms with Crippen LogP contribution in [0.5, 0.6) is 11.6 Å². The summed E-state index contributed by atoms with van der Waals surface area (Å²) in [6, 6.07) is 0. The quantitative estimate of drug-likeness (QED) is 0.371. The number of methoxy groups -OCH3 is 1. The molecule has 5 heteroatoms. The number of hydrogen-bond acceptors (Lipinski definition) is 5. The van der Waals surface area contributed by atoms with Crippen LogP contribution in [0.1, 0.15) is 90.7 Å². The van der Waals surface area contributed by atoms with Gasteiger partial charge in [-0.1, -0.05) is 78.6 Å². The maximum absolute atomic E-state index is 10.6. The summed E-state index contributed by atoms with van der Waals surface area (Å²) in [5, 5.41) is 10.6. The van der Waals surface area contributed by atoms with E-state index in [4.69, 9.17) is 4.74 Å². The van der Waals surface area contributed by atoms with Crippen molar-refractivity contribution < 1.29 is 9.84 Å². The van der Waals surface area contributed by atoms with E-state index in [-0.39, 0.29) is 11.6 Å². The Hall–Kier alpha value is -1.52. The van der Waals surface area contributed by atoms with Crippen LogP contribution >= 0.6 is 0 Å². The SMILES string of the molecule is CCCCCCC(C)C(CCCCCC)Cc1nc(N(C)C)nc(OC)c1O. The number of unbranched alkanes of at least 4 members (excludes halogenated alkanes) is 6. The molecule has 2 atom stereocenters. The molecule has 0 aromatic carbocycles. The predicted octanol–water partition coefficient (Wildman–Crippen LogP) is 5.99. The summed E-state index contributed by atoms with van der Waals surface area (Å²) in [5.74, 6) is 2.12. The maximum Gasteiger partial charge on any atom is 0.261 e. The second kappa shape index (κ2) is 13.6. The van der Waals surface area contributed by atoms with E-state index in [1.54, 1.807) is 7.11 Å². The highest BCUT2D eigenvalue weighted by Gasteiger charge is 2.23. The molecule has 0 aliphatic heterocycles. The Labute approximate surface area is 172 Å². The number of nitrogens with zero attached hydrogens (tertiary/aromatic N) is 3. The first kappa shape index (κ1) is 24.5. The van der Waals surface area contributed by atoms with Gasteiger partial charge in [-0.25, -0.2) is 4.98 Å². The van der Waals surface area contributed by atoms with Crippen LogP contribution in [-0.4, -0.2) is 36.3 Å². The zero-order valence-electron chi connectivity index (χ0n) is 19.1. The van der Waals surface area contributed by atoms with Crippen molar-refractivity contribution >= 4 is 5.95 Å². The van der Waals surface area contributed by atoms with Gasteiger partial charge in [0.2, 0.25) is 11.7 Å². The van der Waals surface area contributed by atoms with Crippen molar-refractivity contribution in [2.75, 3.05) is 26.1 Å². The highest BCUT2D eigenvalue weighted by molar-refractivity contribution is 5.43. The number of anilines is 1. The Balaban J connectivity index is 2.92. The van der Waals surface area contributed by atoms with Gasteiger partial charge in [0.25, 0.3) is 5.88 Å². The summed E-state index contributed by atoms with van der Waals surface area (Å²) < 4.78 is 5.30. The molecular weight excluding hydrogens is 350 g/mol. The van der Waals surface area contributed by atoms with E-state index in [9.17, 15) is 5.11 Å². The molecule has 0 radical (unpaired) electrons. The van der Waals surface area contributed by atoms with Crippen molar-refractivity contribution in [3.63, 3.8) is 0 Å². The van der Waals surface area contributed by atoms with Gasteiger partial charge in [0.1, 0.15) is 0 Å². The Bertz CT molecular complexity index is 549. The number of ether oxygens (including phenoxy) is 1. The topological polar surface area (TPSA) is 58.5 Å². The van der Waals surface area contributed by atoms with Gasteiger partial charge < -0.3 is 14.7 Å². The third-order valence-electron chi connectivity index (χ3n) is 5.71. The summed E-state index contributed by atoms with van der Waals surface area (Å²) in [6.45, 7) is 6.88. The largest absolute Gasteiger partial charge is 0.502 e. The lowest BCUT2D eigenvalue weighted by molar-refractivity contribution is 0.289. The molecular formula is C23H43N3O2. The molecule has 1 aromatic rings. The van der Waals surface area contributed by atoms with E-state index >= 15 is 0 Å². The molecule has 0 bridgehead atoms. The number of aromatic hydroxyl groups is 1. The van der Waals surface area contributed by atoms with Crippen LogP contribution in [0.3, 0.4) is 0 Å². The van der Waals surface area contributed by atoms with Crippen LogP contribution in [0.2, 0.25) is 0 Å². The van der Waals surface area contributed by atoms with E-state index in [1.165, 1.54) is 64.2 Å². The summed E-state index contributed by atoms with van der Waals surface area (Å²) in [5.41, 5.74) is 0.719. The fraction of sp³-hybridized carbons (Fsp3) is 0.826. The lowest BCUT2D eigenvalue weighted by atomic mass is 9.82. The zero-order valence-corrected chi connectivity index (χ0v) is 19.1. The number of aromatic nitrogens is 2. The Morgan fingerprint density at radius 2 is 1.54 bits per heavy atom. The van der Waals surface area contributed by atoms with Crippen LogP contribution in [0, 0.1) is 11.8 Å². The van der Waals surface area contributed by atoms with Gasteiger partial charge in [-0.05, 0) is 24.7 Å². The Morgan fingerprint density at radius 1 is 0.929 bits per heavy atom. The van der Waals surface area contributed by atoms with Crippen LogP contribution in [0.15, 0.2) is 0 Å². The van der Waals surface area contributed by atoms with Crippen LogP contribution in [0.4, 0.5) is 5.95 Å². The molecule has 5 nitrogen and oxygen atoms in total. The fourth-order valence-electron chi connectivity index (χ4n) is 3.75. The molecule has 162 valence electrons. The van der Waals surface area contributed by atoms with E-state index in [0.29, 0.717) is 17.8 Å². The van der Waals surface area contributed by atoms with Gasteiger partial charge in [0, 0.05) is 14.1 Å². The van der Waals surface area contributed by atoms with E-state index in [0.717, 1.165) is 12.1 Å². The van der Waals surface area contributed by atoms with E-state index in [2.05, 4.69) is 30.7 Å². The zero-order chi connectivity index (χ0) is 20.9. The minimum atomic E-state index is 0.102. The molecule has 0 saturated carbocycles. The standard InChI is InChI=1S/C23H43N3O2/c1-7-9-11-13-15-18(3)19(16-14-12-10-8-2)17-20-21(27)22(28-6)25-23(24-20)26(4)5/h18-19,27H,7-17H2,1-6H3. The van der Waals surface area contributed by atoms with Gasteiger partial charge in [-0.3, -0.25) is 0 Å². The second-order valence-corrected chi connectivity index (χ2v) is 8.36. The van der Waals surface area contributed by atoms with Crippen LogP contribution in [0.25, 0.3) is 0 Å². The molecule has 28 heavy (non-hydrogen) atoms. The third-order valence-corrected chi connectivity index (χ3v) is 5.71. The number of hydrogen-bond donors (Lipinski definition) is 1. The van der Waals surface area contributed by atoms with Crippen molar-refractivity contribution in [2.24, 2.45) is 11.8 Å². The Kier molecular flexibility index (Phi) is 11.9. The summed E-state index contributed by atoms with van der Waals surface area (Å²) in [7, 11) is 5.37. The highest BCUT2D eigenvalue weighted by Crippen LogP contribution is 2.34. The van der Waals surface area contributed by atoms with Gasteiger partial charge >= 0.3 is 0 Å². The molecule has 1 N–H and O–H groups in total. The van der Waals surface area contributed by atoms with Gasteiger partial charge in [0.15, 0.2) is 0 Å². The van der Waals surface area contributed by atoms with Gasteiger partial charge in [-0.15, -0.1) is 0 Å². The normalized spacial score (nSPS) is 13.4. The molecule has 1 aromatic heterocycles. The summed E-state index contributed by atoms with van der Waals surface area (Å²) in [6.07, 6.45) is 13.5. The van der Waals surface area contributed by atoms with Crippen molar-refractivity contribution in [3.8, 4) is 11.6 Å². The van der Waals surface area contributed by atoms with Crippen LogP contribution in [-0.2, 0) is 6.42 Å². The van der Waals surface area contributed by atoms with E-state index < -0.39 is 0 Å². The lowest BCUT2D eigenvalue weighted by Crippen LogP contribution is -2.19. The second-order valence-electron chi connectivity index (χ2n) is 8.36. The molecule has 2 unspecified atom stereocenters. The van der Waals surface area contributed by atoms with Crippen molar-refractivity contribution in [2.45, 2.75) is 91.4 Å². The molecule has 0 saturated heterocycles. The van der Waals surface area contributed by atoms with E-state index in [1.807, 2.05) is 19.0 Å². The average Bonchev–Trinajstić information content (AvgIpc) is 2.68.